The highest BCUT2D eigenvalue weighted by Gasteiger charge is 2.24. The summed E-state index contributed by atoms with van der Waals surface area (Å²) in [6.45, 7) is 4.12. The molecule has 10 heteroatoms. The fraction of sp³-hybridized carbons (Fsp3) is 0.200. The van der Waals surface area contributed by atoms with E-state index in [1.54, 1.807) is 0 Å². The van der Waals surface area contributed by atoms with E-state index in [9.17, 15) is 32.9 Å². The Kier molecular flexibility index (Phi) is 5.34. The maximum Gasteiger partial charge on any atom is 0.343 e. The van der Waals surface area contributed by atoms with Gasteiger partial charge in [0.15, 0.2) is 11.6 Å². The third kappa shape index (κ3) is 3.30. The molecule has 3 rings (SSSR count). The van der Waals surface area contributed by atoms with E-state index in [1.165, 1.54) is 20.8 Å². The number of fused-ring (bicyclic) bond motifs is 1. The first-order valence-electron chi connectivity index (χ1n) is 8.74. The van der Waals surface area contributed by atoms with Gasteiger partial charge in [-0.15, -0.1) is 0 Å². The second kappa shape index (κ2) is 7.62. The molecule has 30 heavy (non-hydrogen) atoms. The molecule has 0 fully saturated rings. The van der Waals surface area contributed by atoms with Crippen LogP contribution in [0.15, 0.2) is 29.2 Å². The van der Waals surface area contributed by atoms with E-state index < -0.39 is 45.0 Å². The van der Waals surface area contributed by atoms with Gasteiger partial charge in [0.1, 0.15) is 5.56 Å². The number of halogens is 3. The highest BCUT2D eigenvalue weighted by Crippen LogP contribution is 2.30. The van der Waals surface area contributed by atoms with Gasteiger partial charge in [-0.25, -0.2) is 13.6 Å². The van der Waals surface area contributed by atoms with E-state index in [-0.39, 0.29) is 34.3 Å². The van der Waals surface area contributed by atoms with Crippen LogP contribution in [0.25, 0.3) is 16.6 Å². The molecule has 0 spiro atoms. The van der Waals surface area contributed by atoms with E-state index in [0.29, 0.717) is 6.07 Å². The number of aromatic nitrogens is 1. The first-order chi connectivity index (χ1) is 14.1. The predicted molar refractivity (Wildman–Crippen MR) is 102 cm³/mol. The van der Waals surface area contributed by atoms with Gasteiger partial charge in [0.25, 0.3) is 0 Å². The summed E-state index contributed by atoms with van der Waals surface area (Å²) in [4.78, 5) is 35.3. The zero-order chi connectivity index (χ0) is 22.3. The van der Waals surface area contributed by atoms with E-state index in [2.05, 4.69) is 0 Å². The number of carbonyl (C=O) groups is 1. The highest BCUT2D eigenvalue weighted by atomic mass is 19.2. The Morgan fingerprint density at radius 3 is 2.43 bits per heavy atom. The van der Waals surface area contributed by atoms with Crippen molar-refractivity contribution in [2.24, 2.45) is 0 Å². The lowest BCUT2D eigenvalue weighted by Crippen LogP contribution is -2.22. The van der Waals surface area contributed by atoms with Crippen LogP contribution in [-0.2, 0) is 4.74 Å². The smallest absolute Gasteiger partial charge is 0.343 e. The fourth-order valence-corrected chi connectivity index (χ4v) is 3.22. The first kappa shape index (κ1) is 21.0. The molecule has 0 saturated carbocycles. The summed E-state index contributed by atoms with van der Waals surface area (Å²) in [7, 11) is 0. The second-order valence-electron chi connectivity index (χ2n) is 6.50. The highest BCUT2D eigenvalue weighted by molar-refractivity contribution is 5.95. The molecular weight excluding hydrogens is 405 g/mol. The molecule has 2 aromatic carbocycles. The minimum Gasteiger partial charge on any atom is -0.462 e. The quantitative estimate of drug-likeness (QED) is 0.360. The van der Waals surface area contributed by atoms with Gasteiger partial charge < -0.3 is 9.30 Å². The average Bonchev–Trinajstić information content (AvgIpc) is 2.67. The Bertz CT molecular complexity index is 1280. The van der Waals surface area contributed by atoms with Gasteiger partial charge in [-0.3, -0.25) is 14.9 Å². The molecule has 0 N–H and O–H groups in total. The molecule has 1 heterocycles. The molecule has 156 valence electrons. The molecule has 3 aromatic rings. The fourth-order valence-electron chi connectivity index (χ4n) is 3.22. The second-order valence-corrected chi connectivity index (χ2v) is 6.50. The van der Waals surface area contributed by atoms with Crippen molar-refractivity contribution in [1.29, 1.82) is 0 Å². The number of ether oxygens (including phenoxy) is 1. The van der Waals surface area contributed by atoms with Crippen molar-refractivity contribution in [2.45, 2.75) is 20.8 Å². The molecule has 0 atom stereocenters. The third-order valence-electron chi connectivity index (χ3n) is 4.63. The minimum absolute atomic E-state index is 0.00718. The van der Waals surface area contributed by atoms with Crippen LogP contribution in [0.2, 0.25) is 0 Å². The number of rotatable bonds is 4. The largest absolute Gasteiger partial charge is 0.462 e. The number of esters is 1. The number of benzene rings is 2. The first-order valence-corrected chi connectivity index (χ1v) is 8.74. The molecule has 1 aromatic heterocycles. The van der Waals surface area contributed by atoms with Crippen molar-refractivity contribution in [1.82, 2.24) is 4.57 Å². The summed E-state index contributed by atoms with van der Waals surface area (Å²) in [5.74, 6) is -4.62. The lowest BCUT2D eigenvalue weighted by molar-refractivity contribution is -0.387. The van der Waals surface area contributed by atoms with Gasteiger partial charge >= 0.3 is 11.7 Å². The SMILES string of the molecule is CCOC(=O)c1cn(-c2cc([N+](=O)[O-])c(F)cc2C)c2c(C)c(F)c(F)cc2c1=O. The standard InChI is InChI=1S/C20H15F3N2O5/c1-4-30-20(27)12-8-24(15-7-16(25(28)29)13(21)5-9(15)2)18-10(3)17(23)14(22)6-11(18)19(12)26/h5-8H,4H2,1-3H3. The molecule has 0 bridgehead atoms. The van der Waals surface area contributed by atoms with E-state index >= 15 is 0 Å². The lowest BCUT2D eigenvalue weighted by atomic mass is 10.0. The predicted octanol–water partition coefficient (Wildman–Crippen LogP) is 4.11. The van der Waals surface area contributed by atoms with Gasteiger partial charge in [-0.1, -0.05) is 0 Å². The van der Waals surface area contributed by atoms with Crippen LogP contribution >= 0.6 is 0 Å². The normalized spacial score (nSPS) is 11.0. The van der Waals surface area contributed by atoms with Gasteiger partial charge in [0.05, 0.1) is 28.1 Å². The number of hydrogen-bond donors (Lipinski definition) is 0. The van der Waals surface area contributed by atoms with Crippen molar-refractivity contribution >= 4 is 22.6 Å². The van der Waals surface area contributed by atoms with Crippen LogP contribution in [0.3, 0.4) is 0 Å². The van der Waals surface area contributed by atoms with Crippen LogP contribution in [0.5, 0.6) is 0 Å². The van der Waals surface area contributed by atoms with Gasteiger partial charge in [0, 0.05) is 17.8 Å². The summed E-state index contributed by atoms with van der Waals surface area (Å²) in [6.07, 6.45) is 1.02. The number of nitrogens with zero attached hydrogens (tertiary/aromatic N) is 2. The lowest BCUT2D eigenvalue weighted by Gasteiger charge is -2.17. The van der Waals surface area contributed by atoms with Crippen molar-refractivity contribution in [3.05, 3.63) is 78.9 Å². The summed E-state index contributed by atoms with van der Waals surface area (Å²) in [5, 5.41) is 10.9. The van der Waals surface area contributed by atoms with Gasteiger partial charge in [-0.05, 0) is 38.5 Å². The maximum absolute atomic E-state index is 14.3. The number of aryl methyl sites for hydroxylation is 2. The van der Waals surface area contributed by atoms with Crippen molar-refractivity contribution < 1.29 is 27.6 Å². The van der Waals surface area contributed by atoms with Crippen LogP contribution in [0, 0.1) is 41.4 Å². The molecule has 0 aliphatic carbocycles. The van der Waals surface area contributed by atoms with Crippen molar-refractivity contribution in [3.8, 4) is 5.69 Å². The molecule has 0 unspecified atom stereocenters. The van der Waals surface area contributed by atoms with Crippen LogP contribution in [0.4, 0.5) is 18.9 Å². The molecule has 0 saturated heterocycles. The Morgan fingerprint density at radius 2 is 1.83 bits per heavy atom. The van der Waals surface area contributed by atoms with Crippen LogP contribution < -0.4 is 5.43 Å². The number of nitro benzene ring substituents is 1. The number of nitro groups is 1. The summed E-state index contributed by atoms with van der Waals surface area (Å²) >= 11 is 0. The number of carbonyl (C=O) groups excluding carboxylic acids is 1. The third-order valence-corrected chi connectivity index (χ3v) is 4.63. The molecule has 0 amide bonds. The maximum atomic E-state index is 14.3. The van der Waals surface area contributed by atoms with Gasteiger partial charge in [-0.2, -0.15) is 4.39 Å². The van der Waals surface area contributed by atoms with Crippen molar-refractivity contribution in [3.63, 3.8) is 0 Å². The average molecular weight is 420 g/mol. The van der Waals surface area contributed by atoms with E-state index in [1.807, 2.05) is 0 Å². The zero-order valence-corrected chi connectivity index (χ0v) is 16.1. The van der Waals surface area contributed by atoms with E-state index in [0.717, 1.165) is 22.9 Å². The monoisotopic (exact) mass is 420 g/mol. The zero-order valence-electron chi connectivity index (χ0n) is 16.1. The molecule has 0 aliphatic rings. The Labute approximate surface area is 167 Å². The number of hydrogen-bond acceptors (Lipinski definition) is 5. The summed E-state index contributed by atoms with van der Waals surface area (Å²) in [5.41, 5.74) is -2.41. The molecule has 7 nitrogen and oxygen atoms in total. The number of pyridine rings is 1. The van der Waals surface area contributed by atoms with Crippen LogP contribution in [-0.4, -0.2) is 22.1 Å². The summed E-state index contributed by atoms with van der Waals surface area (Å²) < 4.78 is 48.3. The molecule has 0 radical (unpaired) electrons. The Morgan fingerprint density at radius 1 is 1.17 bits per heavy atom. The molecular formula is C20H15F3N2O5. The minimum atomic E-state index is -1.30. The topological polar surface area (TPSA) is 91.4 Å². The van der Waals surface area contributed by atoms with E-state index in [4.69, 9.17) is 4.74 Å². The van der Waals surface area contributed by atoms with Gasteiger partial charge in [0.2, 0.25) is 11.2 Å². The molecule has 0 aliphatic heterocycles. The van der Waals surface area contributed by atoms with Crippen LogP contribution in [0.1, 0.15) is 28.4 Å². The van der Waals surface area contributed by atoms with Crippen molar-refractivity contribution in [2.75, 3.05) is 6.61 Å². The summed E-state index contributed by atoms with van der Waals surface area (Å²) in [6, 6.07) is 2.44. The Balaban J connectivity index is 2.54. The Hall–Kier alpha value is -3.69.